The fourth-order valence-electron chi connectivity index (χ4n) is 1.43. The molecule has 0 radical (unpaired) electrons. The summed E-state index contributed by atoms with van der Waals surface area (Å²) in [4.78, 5) is 24.6. The SMILES string of the molecule is O=C(O)CC(CC(=O)O)c1ccncc1F. The van der Waals surface area contributed by atoms with Gasteiger partial charge in [0.1, 0.15) is 5.82 Å². The predicted octanol–water partition coefficient (Wildman–Crippen LogP) is 1.25. The Labute approximate surface area is 90.6 Å². The molecule has 0 saturated heterocycles. The fraction of sp³-hybridized carbons (Fsp3) is 0.300. The zero-order chi connectivity index (χ0) is 12.1. The van der Waals surface area contributed by atoms with E-state index in [2.05, 4.69) is 4.98 Å². The average molecular weight is 227 g/mol. The molecule has 0 aliphatic carbocycles. The third-order valence-electron chi connectivity index (χ3n) is 2.09. The molecule has 1 aromatic heterocycles. The molecule has 2 N–H and O–H groups in total. The van der Waals surface area contributed by atoms with Crippen LogP contribution in [0.3, 0.4) is 0 Å². The van der Waals surface area contributed by atoms with Crippen LogP contribution in [-0.2, 0) is 9.59 Å². The maximum Gasteiger partial charge on any atom is 0.303 e. The predicted molar refractivity (Wildman–Crippen MR) is 51.4 cm³/mol. The monoisotopic (exact) mass is 227 g/mol. The maximum absolute atomic E-state index is 13.3. The minimum Gasteiger partial charge on any atom is -0.481 e. The van der Waals surface area contributed by atoms with Gasteiger partial charge in [-0.25, -0.2) is 4.39 Å². The topological polar surface area (TPSA) is 87.5 Å². The Hall–Kier alpha value is -1.98. The van der Waals surface area contributed by atoms with Crippen molar-refractivity contribution in [1.82, 2.24) is 4.98 Å². The lowest BCUT2D eigenvalue weighted by Crippen LogP contribution is -2.12. The van der Waals surface area contributed by atoms with Gasteiger partial charge >= 0.3 is 11.9 Å². The van der Waals surface area contributed by atoms with Crippen molar-refractivity contribution in [2.24, 2.45) is 0 Å². The Kier molecular flexibility index (Phi) is 3.93. The highest BCUT2D eigenvalue weighted by Crippen LogP contribution is 2.25. The maximum atomic E-state index is 13.3. The molecule has 1 aromatic rings. The van der Waals surface area contributed by atoms with Crippen LogP contribution in [0, 0.1) is 5.82 Å². The smallest absolute Gasteiger partial charge is 0.303 e. The summed E-state index contributed by atoms with van der Waals surface area (Å²) in [5.74, 6) is -3.89. The van der Waals surface area contributed by atoms with E-state index in [1.54, 1.807) is 0 Å². The van der Waals surface area contributed by atoms with Crippen LogP contribution in [-0.4, -0.2) is 27.1 Å². The molecule has 0 fully saturated rings. The molecule has 0 atom stereocenters. The van der Waals surface area contributed by atoms with Crippen molar-refractivity contribution in [2.45, 2.75) is 18.8 Å². The van der Waals surface area contributed by atoms with Gasteiger partial charge in [0.15, 0.2) is 0 Å². The highest BCUT2D eigenvalue weighted by molar-refractivity contribution is 5.72. The molecule has 0 saturated carbocycles. The molecule has 16 heavy (non-hydrogen) atoms. The van der Waals surface area contributed by atoms with Crippen molar-refractivity contribution < 1.29 is 24.2 Å². The molecule has 1 rings (SSSR count). The molecular weight excluding hydrogens is 217 g/mol. The van der Waals surface area contributed by atoms with Crippen LogP contribution in [0.25, 0.3) is 0 Å². The Morgan fingerprint density at radius 2 is 1.88 bits per heavy atom. The van der Waals surface area contributed by atoms with Gasteiger partial charge < -0.3 is 10.2 Å². The Morgan fingerprint density at radius 1 is 1.31 bits per heavy atom. The minimum absolute atomic E-state index is 0.0693. The minimum atomic E-state index is -1.16. The van der Waals surface area contributed by atoms with Gasteiger partial charge in [0.2, 0.25) is 0 Å². The molecule has 0 aliphatic heterocycles. The van der Waals surface area contributed by atoms with Crippen LogP contribution in [0.5, 0.6) is 0 Å². The van der Waals surface area contributed by atoms with Crippen molar-refractivity contribution in [3.63, 3.8) is 0 Å². The number of halogens is 1. The second-order valence-corrected chi connectivity index (χ2v) is 3.29. The van der Waals surface area contributed by atoms with Crippen LogP contribution < -0.4 is 0 Å². The molecule has 0 aliphatic rings. The molecular formula is C10H10FNO4. The number of aromatic nitrogens is 1. The zero-order valence-corrected chi connectivity index (χ0v) is 8.26. The number of rotatable bonds is 5. The lowest BCUT2D eigenvalue weighted by atomic mass is 9.93. The molecule has 0 unspecified atom stereocenters. The van der Waals surface area contributed by atoms with E-state index < -0.39 is 36.5 Å². The van der Waals surface area contributed by atoms with Crippen molar-refractivity contribution >= 4 is 11.9 Å². The molecule has 0 bridgehead atoms. The van der Waals surface area contributed by atoms with Gasteiger partial charge in [0.25, 0.3) is 0 Å². The summed E-state index contributed by atoms with van der Waals surface area (Å²) in [5, 5.41) is 17.2. The van der Waals surface area contributed by atoms with Crippen molar-refractivity contribution in [1.29, 1.82) is 0 Å². The van der Waals surface area contributed by atoms with Gasteiger partial charge in [0, 0.05) is 12.1 Å². The molecule has 0 amide bonds. The van der Waals surface area contributed by atoms with Crippen LogP contribution in [0.15, 0.2) is 18.5 Å². The Bertz CT molecular complexity index is 392. The van der Waals surface area contributed by atoms with Crippen molar-refractivity contribution in [3.8, 4) is 0 Å². The van der Waals surface area contributed by atoms with Crippen LogP contribution >= 0.6 is 0 Å². The average Bonchev–Trinajstić information content (AvgIpc) is 2.15. The molecule has 0 spiro atoms. The van der Waals surface area contributed by atoms with E-state index in [4.69, 9.17) is 10.2 Å². The first kappa shape index (κ1) is 12.1. The first-order chi connectivity index (χ1) is 7.50. The van der Waals surface area contributed by atoms with Crippen LogP contribution in [0.4, 0.5) is 4.39 Å². The fourth-order valence-corrected chi connectivity index (χ4v) is 1.43. The highest BCUT2D eigenvalue weighted by atomic mass is 19.1. The van der Waals surface area contributed by atoms with E-state index in [1.807, 2.05) is 0 Å². The molecule has 5 nitrogen and oxygen atoms in total. The third kappa shape index (κ3) is 3.30. The second-order valence-electron chi connectivity index (χ2n) is 3.29. The summed E-state index contributed by atoms with van der Waals surface area (Å²) in [5.41, 5.74) is 0.0693. The first-order valence-corrected chi connectivity index (χ1v) is 4.53. The number of carboxylic acid groups (broad SMARTS) is 2. The standard InChI is InChI=1S/C10H10FNO4/c11-8-5-12-2-1-7(8)6(3-9(13)14)4-10(15)16/h1-2,5-6H,3-4H2,(H,13,14)(H,15,16). The number of aliphatic carboxylic acids is 2. The molecule has 1 heterocycles. The summed E-state index contributed by atoms with van der Waals surface area (Å²) in [6, 6.07) is 1.30. The van der Waals surface area contributed by atoms with Crippen molar-refractivity contribution in [2.75, 3.05) is 0 Å². The van der Waals surface area contributed by atoms with E-state index >= 15 is 0 Å². The number of carbonyl (C=O) groups is 2. The number of nitrogens with zero attached hydrogens (tertiary/aromatic N) is 1. The number of hydrogen-bond donors (Lipinski definition) is 2. The van der Waals surface area contributed by atoms with E-state index in [-0.39, 0.29) is 5.56 Å². The van der Waals surface area contributed by atoms with E-state index in [9.17, 15) is 14.0 Å². The summed E-state index contributed by atoms with van der Waals surface area (Å²) in [6.07, 6.45) is 1.39. The van der Waals surface area contributed by atoms with Gasteiger partial charge in [-0.1, -0.05) is 0 Å². The Morgan fingerprint density at radius 3 is 2.31 bits per heavy atom. The number of carboxylic acids is 2. The number of hydrogen-bond acceptors (Lipinski definition) is 3. The molecule has 0 aromatic carbocycles. The third-order valence-corrected chi connectivity index (χ3v) is 2.09. The second kappa shape index (κ2) is 5.20. The van der Waals surface area contributed by atoms with E-state index in [0.717, 1.165) is 6.20 Å². The normalized spacial score (nSPS) is 10.4. The lowest BCUT2D eigenvalue weighted by molar-refractivity contribution is -0.139. The summed E-state index contributed by atoms with van der Waals surface area (Å²) in [7, 11) is 0. The molecule has 86 valence electrons. The van der Waals surface area contributed by atoms with Gasteiger partial charge in [-0.05, 0) is 11.6 Å². The van der Waals surface area contributed by atoms with Crippen molar-refractivity contribution in [3.05, 3.63) is 29.8 Å². The highest BCUT2D eigenvalue weighted by Gasteiger charge is 2.21. The van der Waals surface area contributed by atoms with E-state index in [1.165, 1.54) is 12.3 Å². The number of pyridine rings is 1. The molecule has 6 heteroatoms. The first-order valence-electron chi connectivity index (χ1n) is 4.53. The lowest BCUT2D eigenvalue weighted by Gasteiger charge is -2.13. The van der Waals surface area contributed by atoms with Gasteiger partial charge in [0.05, 0.1) is 19.0 Å². The summed E-state index contributed by atoms with van der Waals surface area (Å²) >= 11 is 0. The Balaban J connectivity index is 2.96. The van der Waals surface area contributed by atoms with Gasteiger partial charge in [-0.15, -0.1) is 0 Å². The largest absolute Gasteiger partial charge is 0.481 e. The van der Waals surface area contributed by atoms with Crippen LogP contribution in [0.2, 0.25) is 0 Å². The van der Waals surface area contributed by atoms with Gasteiger partial charge in [-0.3, -0.25) is 14.6 Å². The zero-order valence-electron chi connectivity index (χ0n) is 8.26. The summed E-state index contributed by atoms with van der Waals surface area (Å²) in [6.45, 7) is 0. The summed E-state index contributed by atoms with van der Waals surface area (Å²) < 4.78 is 13.3. The van der Waals surface area contributed by atoms with E-state index in [0.29, 0.717) is 0 Å². The quantitative estimate of drug-likeness (QED) is 0.790. The van der Waals surface area contributed by atoms with Crippen LogP contribution in [0.1, 0.15) is 24.3 Å². The van der Waals surface area contributed by atoms with Gasteiger partial charge in [-0.2, -0.15) is 0 Å².